The molecule has 1 aromatic heterocycles. The van der Waals surface area contributed by atoms with Crippen LogP contribution >= 0.6 is 34.8 Å². The zero-order valence-electron chi connectivity index (χ0n) is 8.63. The van der Waals surface area contributed by atoms with E-state index in [1.54, 1.807) is 17.4 Å². The maximum absolute atomic E-state index is 12.1. The predicted molar refractivity (Wildman–Crippen MR) is 62.5 cm³/mol. The van der Waals surface area contributed by atoms with Crippen LogP contribution < -0.4 is 10.6 Å². The number of alkyl halides is 4. The molecule has 0 saturated heterocycles. The third kappa shape index (κ3) is 5.12. The number of quaternary nitrogens is 1. The van der Waals surface area contributed by atoms with Crippen molar-refractivity contribution in [2.75, 3.05) is 6.67 Å². The van der Waals surface area contributed by atoms with E-state index in [0.29, 0.717) is 12.3 Å². The van der Waals surface area contributed by atoms with Gasteiger partial charge in [-0.05, 0) is 12.1 Å². The molecule has 0 radical (unpaired) electrons. The molecule has 4 nitrogen and oxygen atoms in total. The molecule has 1 rings (SSSR count). The van der Waals surface area contributed by atoms with Crippen LogP contribution in [0, 0.1) is 0 Å². The number of hydrogen-bond acceptors (Lipinski definition) is 2. The summed E-state index contributed by atoms with van der Waals surface area (Å²) in [6.07, 6.45) is 0.620. The first-order chi connectivity index (χ1) is 7.93. The van der Waals surface area contributed by atoms with Gasteiger partial charge in [0, 0.05) is 0 Å². The Morgan fingerprint density at radius 3 is 2.76 bits per heavy atom. The van der Waals surface area contributed by atoms with Gasteiger partial charge >= 0.3 is 0 Å². The van der Waals surface area contributed by atoms with Gasteiger partial charge in [-0.2, -0.15) is 0 Å². The molecule has 0 aromatic carbocycles. The lowest BCUT2D eigenvalue weighted by Crippen LogP contribution is -2.95. The molecule has 0 unspecified atom stereocenters. The Morgan fingerprint density at radius 2 is 2.29 bits per heavy atom. The van der Waals surface area contributed by atoms with Crippen molar-refractivity contribution in [2.45, 2.75) is 16.5 Å². The van der Waals surface area contributed by atoms with Gasteiger partial charge in [0.05, 0.1) is 6.26 Å². The Balaban J connectivity index is 2.55. The van der Waals surface area contributed by atoms with E-state index >= 15 is 0 Å². The normalized spacial score (nSPS) is 13.4. The smallest absolute Gasteiger partial charge is 0.262 e. The quantitative estimate of drug-likeness (QED) is 0.633. The van der Waals surface area contributed by atoms with Crippen LogP contribution in [0.25, 0.3) is 0 Å². The van der Waals surface area contributed by atoms with E-state index in [9.17, 15) is 9.18 Å². The fourth-order valence-corrected chi connectivity index (χ4v) is 1.58. The van der Waals surface area contributed by atoms with Gasteiger partial charge in [0.1, 0.15) is 6.54 Å². The SMILES string of the molecule is O=C(CF)N[C@H]([NH2+]Cc1ccco1)C(Cl)(Cl)Cl. The summed E-state index contributed by atoms with van der Waals surface area (Å²) in [5, 5.41) is 3.80. The summed E-state index contributed by atoms with van der Waals surface area (Å²) in [5.41, 5.74) is 0. The van der Waals surface area contributed by atoms with E-state index in [4.69, 9.17) is 39.2 Å². The lowest BCUT2D eigenvalue weighted by molar-refractivity contribution is -0.708. The molecule has 1 atom stereocenters. The molecule has 0 spiro atoms. The van der Waals surface area contributed by atoms with E-state index < -0.39 is 22.5 Å². The number of hydrogen-bond donors (Lipinski definition) is 2. The molecule has 1 aromatic rings. The number of nitrogens with two attached hydrogens (primary N) is 1. The van der Waals surface area contributed by atoms with E-state index in [-0.39, 0.29) is 0 Å². The number of rotatable bonds is 5. The van der Waals surface area contributed by atoms with Crippen LogP contribution in [0.3, 0.4) is 0 Å². The highest BCUT2D eigenvalue weighted by Gasteiger charge is 2.37. The summed E-state index contributed by atoms with van der Waals surface area (Å²) in [4.78, 5) is 10.9. The molecular weight excluding hydrogens is 293 g/mol. The number of furan rings is 1. The average molecular weight is 305 g/mol. The standard InChI is InChI=1S/C9H10Cl3FN2O2/c10-9(11,12)8(15-7(16)4-13)14-5-6-2-1-3-17-6/h1-3,8,14H,4-5H2,(H,15,16)/p+1/t8-/m0/s1. The molecule has 17 heavy (non-hydrogen) atoms. The lowest BCUT2D eigenvalue weighted by atomic mass is 10.4. The number of nitrogens with one attached hydrogen (secondary N) is 1. The van der Waals surface area contributed by atoms with E-state index in [1.165, 1.54) is 6.26 Å². The second-order valence-electron chi connectivity index (χ2n) is 3.24. The number of carbonyl (C=O) groups excluding carboxylic acids is 1. The summed E-state index contributed by atoms with van der Waals surface area (Å²) in [6.45, 7) is -0.802. The van der Waals surface area contributed by atoms with E-state index in [2.05, 4.69) is 5.32 Å². The molecule has 0 aliphatic carbocycles. The third-order valence-corrected chi connectivity index (χ3v) is 2.63. The highest BCUT2D eigenvalue weighted by atomic mass is 35.6. The molecule has 0 bridgehead atoms. The van der Waals surface area contributed by atoms with Gasteiger partial charge in [-0.1, -0.05) is 34.8 Å². The first-order valence-electron chi connectivity index (χ1n) is 4.71. The molecule has 1 amide bonds. The highest BCUT2D eigenvalue weighted by molar-refractivity contribution is 6.68. The minimum atomic E-state index is -1.74. The largest absolute Gasteiger partial charge is 0.463 e. The van der Waals surface area contributed by atoms with Crippen LogP contribution in [0.1, 0.15) is 5.76 Å². The van der Waals surface area contributed by atoms with Gasteiger partial charge in [-0.15, -0.1) is 0 Å². The Morgan fingerprint density at radius 1 is 1.59 bits per heavy atom. The maximum Gasteiger partial charge on any atom is 0.262 e. The molecule has 3 N–H and O–H groups in total. The van der Waals surface area contributed by atoms with Crippen LogP contribution in [0.15, 0.2) is 22.8 Å². The van der Waals surface area contributed by atoms with Crippen molar-refractivity contribution < 1.29 is 18.9 Å². The fourth-order valence-electron chi connectivity index (χ4n) is 1.15. The van der Waals surface area contributed by atoms with Crippen molar-refractivity contribution in [1.82, 2.24) is 5.32 Å². The first kappa shape index (κ1) is 14.6. The number of halogens is 4. The van der Waals surface area contributed by atoms with Crippen molar-refractivity contribution >= 4 is 40.7 Å². The number of carbonyl (C=O) groups is 1. The van der Waals surface area contributed by atoms with Gasteiger partial charge in [0.15, 0.2) is 12.4 Å². The Hall–Kier alpha value is -0.490. The summed E-state index contributed by atoms with van der Waals surface area (Å²) in [7, 11) is 0. The molecule has 0 saturated carbocycles. The molecule has 0 aliphatic rings. The molecule has 0 aliphatic heterocycles. The topological polar surface area (TPSA) is 58.9 Å². The van der Waals surface area contributed by atoms with E-state index in [0.717, 1.165) is 0 Å². The van der Waals surface area contributed by atoms with Crippen molar-refractivity contribution in [3.63, 3.8) is 0 Å². The molecule has 0 fully saturated rings. The van der Waals surface area contributed by atoms with Crippen molar-refractivity contribution in [1.29, 1.82) is 0 Å². The van der Waals surface area contributed by atoms with Gasteiger partial charge in [-0.3, -0.25) is 4.79 Å². The minimum absolute atomic E-state index is 0.359. The second kappa shape index (κ2) is 6.44. The zero-order chi connectivity index (χ0) is 12.9. The van der Waals surface area contributed by atoms with Crippen LogP contribution in [-0.4, -0.2) is 22.5 Å². The Bertz CT molecular complexity index is 354. The van der Waals surface area contributed by atoms with Crippen molar-refractivity contribution in [3.05, 3.63) is 24.2 Å². The third-order valence-electron chi connectivity index (χ3n) is 1.93. The van der Waals surface area contributed by atoms with E-state index in [1.807, 2.05) is 0 Å². The molecule has 8 heteroatoms. The molecular formula is C9H11Cl3FN2O2+. The summed E-state index contributed by atoms with van der Waals surface area (Å²) >= 11 is 17.0. The second-order valence-corrected chi connectivity index (χ2v) is 5.61. The zero-order valence-corrected chi connectivity index (χ0v) is 10.9. The average Bonchev–Trinajstić information content (AvgIpc) is 2.74. The summed E-state index contributed by atoms with van der Waals surface area (Å²) in [5.74, 6) is -0.184. The van der Waals surface area contributed by atoms with Crippen LogP contribution in [0.4, 0.5) is 4.39 Å². The summed E-state index contributed by atoms with van der Waals surface area (Å²) in [6, 6.07) is 3.45. The minimum Gasteiger partial charge on any atom is -0.463 e. The van der Waals surface area contributed by atoms with Crippen LogP contribution in [-0.2, 0) is 11.3 Å². The van der Waals surface area contributed by atoms with Gasteiger partial charge in [-0.25, -0.2) is 4.39 Å². The maximum atomic E-state index is 12.1. The number of amides is 1. The molecule has 96 valence electrons. The fraction of sp³-hybridized carbons (Fsp3) is 0.444. The monoisotopic (exact) mass is 303 g/mol. The first-order valence-corrected chi connectivity index (χ1v) is 5.84. The van der Waals surface area contributed by atoms with Gasteiger partial charge < -0.3 is 15.1 Å². The highest BCUT2D eigenvalue weighted by Crippen LogP contribution is 2.27. The van der Waals surface area contributed by atoms with Gasteiger partial charge in [0.2, 0.25) is 6.17 Å². The van der Waals surface area contributed by atoms with Crippen molar-refractivity contribution in [3.8, 4) is 0 Å². The lowest BCUT2D eigenvalue weighted by Gasteiger charge is -2.22. The summed E-state index contributed by atoms with van der Waals surface area (Å²) < 4.78 is 15.4. The Kier molecular flexibility index (Phi) is 5.52. The van der Waals surface area contributed by atoms with Crippen LogP contribution in [0.2, 0.25) is 0 Å². The molecule has 1 heterocycles. The Labute approximate surface area is 112 Å². The van der Waals surface area contributed by atoms with Gasteiger partial charge in [0.25, 0.3) is 9.70 Å². The van der Waals surface area contributed by atoms with Crippen LogP contribution in [0.5, 0.6) is 0 Å². The predicted octanol–water partition coefficient (Wildman–Crippen LogP) is 1.13. The van der Waals surface area contributed by atoms with Crippen molar-refractivity contribution in [2.24, 2.45) is 0 Å².